The van der Waals surface area contributed by atoms with E-state index in [1.807, 2.05) is 0 Å². The molecule has 0 amide bonds. The van der Waals surface area contributed by atoms with Gasteiger partial charge in [0.1, 0.15) is 0 Å². The molecule has 0 aromatic carbocycles. The fraction of sp³-hybridized carbons (Fsp3) is 0.812. The van der Waals surface area contributed by atoms with Crippen LogP contribution in [-0.4, -0.2) is 33.8 Å². The Kier molecular flexibility index (Phi) is 4.41. The molecule has 1 aliphatic carbocycles. The highest BCUT2D eigenvalue weighted by atomic mass is 15.3. The molecule has 1 aromatic heterocycles. The Morgan fingerprint density at radius 3 is 2.80 bits per heavy atom. The molecule has 2 heterocycles. The molecule has 2 fully saturated rings. The van der Waals surface area contributed by atoms with Crippen LogP contribution >= 0.6 is 0 Å². The second-order valence-electron chi connectivity index (χ2n) is 6.72. The zero-order valence-corrected chi connectivity index (χ0v) is 12.7. The molecule has 1 aliphatic heterocycles. The molecule has 0 bridgehead atoms. The first-order chi connectivity index (χ1) is 9.72. The van der Waals surface area contributed by atoms with E-state index < -0.39 is 0 Å². The normalized spacial score (nSPS) is 27.0. The summed E-state index contributed by atoms with van der Waals surface area (Å²) in [7, 11) is 0. The van der Waals surface area contributed by atoms with Crippen molar-refractivity contribution < 1.29 is 0 Å². The Morgan fingerprint density at radius 1 is 1.30 bits per heavy atom. The van der Waals surface area contributed by atoms with E-state index in [9.17, 15) is 0 Å². The van der Waals surface area contributed by atoms with E-state index in [0.717, 1.165) is 13.1 Å². The van der Waals surface area contributed by atoms with Crippen molar-refractivity contribution in [3.63, 3.8) is 0 Å². The van der Waals surface area contributed by atoms with Crippen molar-refractivity contribution in [1.82, 2.24) is 14.7 Å². The summed E-state index contributed by atoms with van der Waals surface area (Å²) in [5.41, 5.74) is 7.23. The van der Waals surface area contributed by atoms with Crippen LogP contribution in [0.2, 0.25) is 0 Å². The molecule has 1 saturated heterocycles. The van der Waals surface area contributed by atoms with Crippen LogP contribution < -0.4 is 5.73 Å². The largest absolute Gasteiger partial charge is 0.328 e. The van der Waals surface area contributed by atoms with Crippen molar-refractivity contribution in [2.24, 2.45) is 11.7 Å². The number of rotatable bonds is 4. The SMILES string of the molecule is CC(N)C1CCN(Cc2ccn(C3CCCCC3)n2)C1. The molecule has 0 radical (unpaired) electrons. The first-order valence-corrected chi connectivity index (χ1v) is 8.24. The minimum atomic E-state index is 0.319. The Bertz CT molecular complexity index is 420. The Morgan fingerprint density at radius 2 is 2.10 bits per heavy atom. The molecule has 3 rings (SSSR count). The predicted molar refractivity (Wildman–Crippen MR) is 81.4 cm³/mol. The molecule has 1 aromatic rings. The second-order valence-corrected chi connectivity index (χ2v) is 6.72. The van der Waals surface area contributed by atoms with Crippen LogP contribution in [-0.2, 0) is 6.54 Å². The maximum Gasteiger partial charge on any atom is 0.0764 e. The summed E-state index contributed by atoms with van der Waals surface area (Å²) in [6.45, 7) is 5.42. The number of nitrogens with zero attached hydrogens (tertiary/aromatic N) is 3. The third-order valence-electron chi connectivity index (χ3n) is 5.05. The number of hydrogen-bond acceptors (Lipinski definition) is 3. The van der Waals surface area contributed by atoms with E-state index in [0.29, 0.717) is 18.0 Å². The van der Waals surface area contributed by atoms with Crippen LogP contribution in [0.1, 0.15) is 57.2 Å². The highest BCUT2D eigenvalue weighted by Gasteiger charge is 2.25. The molecule has 0 spiro atoms. The van der Waals surface area contributed by atoms with E-state index in [1.165, 1.54) is 50.8 Å². The van der Waals surface area contributed by atoms with Gasteiger partial charge >= 0.3 is 0 Å². The van der Waals surface area contributed by atoms with Gasteiger partial charge < -0.3 is 5.73 Å². The summed E-state index contributed by atoms with van der Waals surface area (Å²) >= 11 is 0. The second kappa shape index (κ2) is 6.27. The Hall–Kier alpha value is -0.870. The van der Waals surface area contributed by atoms with Crippen LogP contribution in [0.15, 0.2) is 12.3 Å². The fourth-order valence-corrected chi connectivity index (χ4v) is 3.68. The Balaban J connectivity index is 1.55. The van der Waals surface area contributed by atoms with E-state index >= 15 is 0 Å². The monoisotopic (exact) mass is 276 g/mol. The van der Waals surface area contributed by atoms with Crippen LogP contribution in [0.4, 0.5) is 0 Å². The molecular formula is C16H28N4. The molecule has 2 atom stereocenters. The van der Waals surface area contributed by atoms with E-state index in [-0.39, 0.29) is 0 Å². The van der Waals surface area contributed by atoms with E-state index in [4.69, 9.17) is 10.8 Å². The topological polar surface area (TPSA) is 47.1 Å². The van der Waals surface area contributed by atoms with Gasteiger partial charge in [-0.25, -0.2) is 0 Å². The van der Waals surface area contributed by atoms with Crippen LogP contribution in [0.3, 0.4) is 0 Å². The smallest absolute Gasteiger partial charge is 0.0764 e. The molecule has 2 N–H and O–H groups in total. The summed E-state index contributed by atoms with van der Waals surface area (Å²) < 4.78 is 2.22. The third-order valence-corrected chi connectivity index (χ3v) is 5.05. The van der Waals surface area contributed by atoms with Gasteiger partial charge in [-0.2, -0.15) is 5.10 Å². The van der Waals surface area contributed by atoms with Gasteiger partial charge in [0.25, 0.3) is 0 Å². The maximum absolute atomic E-state index is 6.01. The number of hydrogen-bond donors (Lipinski definition) is 1. The molecule has 1 saturated carbocycles. The van der Waals surface area contributed by atoms with Crippen molar-refractivity contribution in [3.05, 3.63) is 18.0 Å². The zero-order chi connectivity index (χ0) is 13.9. The van der Waals surface area contributed by atoms with Gasteiger partial charge in [-0.3, -0.25) is 9.58 Å². The Labute approximate surface area is 122 Å². The van der Waals surface area contributed by atoms with Gasteiger partial charge in [-0.05, 0) is 44.7 Å². The molecule has 20 heavy (non-hydrogen) atoms. The van der Waals surface area contributed by atoms with Gasteiger partial charge in [-0.1, -0.05) is 19.3 Å². The summed E-state index contributed by atoms with van der Waals surface area (Å²) in [5, 5.41) is 4.81. The molecule has 2 unspecified atom stereocenters. The maximum atomic E-state index is 6.01. The number of aromatic nitrogens is 2. The summed E-state index contributed by atoms with van der Waals surface area (Å²) in [5.74, 6) is 0.662. The van der Waals surface area contributed by atoms with Crippen LogP contribution in [0, 0.1) is 5.92 Å². The van der Waals surface area contributed by atoms with Gasteiger partial charge in [0, 0.05) is 25.3 Å². The third kappa shape index (κ3) is 3.23. The summed E-state index contributed by atoms with van der Waals surface area (Å²) in [6, 6.07) is 3.17. The molecule has 4 heteroatoms. The number of nitrogens with two attached hydrogens (primary N) is 1. The van der Waals surface area contributed by atoms with Gasteiger partial charge in [-0.15, -0.1) is 0 Å². The lowest BCUT2D eigenvalue weighted by Crippen LogP contribution is -2.29. The van der Waals surface area contributed by atoms with Crippen molar-refractivity contribution in [2.45, 2.75) is 64.1 Å². The summed E-state index contributed by atoms with van der Waals surface area (Å²) in [6.07, 6.45) is 10.2. The highest BCUT2D eigenvalue weighted by molar-refractivity contribution is 5.01. The first kappa shape index (κ1) is 14.1. The number of likely N-dealkylation sites (tertiary alicyclic amines) is 1. The van der Waals surface area contributed by atoms with Gasteiger partial charge in [0.15, 0.2) is 0 Å². The summed E-state index contributed by atoms with van der Waals surface area (Å²) in [4.78, 5) is 2.50. The predicted octanol–water partition coefficient (Wildman–Crippen LogP) is 2.56. The zero-order valence-electron chi connectivity index (χ0n) is 12.7. The van der Waals surface area contributed by atoms with E-state index in [2.05, 4.69) is 28.8 Å². The van der Waals surface area contributed by atoms with E-state index in [1.54, 1.807) is 0 Å². The lowest BCUT2D eigenvalue weighted by atomic mass is 9.96. The minimum absolute atomic E-state index is 0.319. The van der Waals surface area contributed by atoms with Gasteiger partial charge in [0.2, 0.25) is 0 Å². The lowest BCUT2D eigenvalue weighted by molar-refractivity contribution is 0.296. The lowest BCUT2D eigenvalue weighted by Gasteiger charge is -2.22. The van der Waals surface area contributed by atoms with Crippen molar-refractivity contribution in [3.8, 4) is 0 Å². The fourth-order valence-electron chi connectivity index (χ4n) is 3.68. The minimum Gasteiger partial charge on any atom is -0.328 e. The molecular weight excluding hydrogens is 248 g/mol. The van der Waals surface area contributed by atoms with Crippen molar-refractivity contribution >= 4 is 0 Å². The van der Waals surface area contributed by atoms with Crippen LogP contribution in [0.5, 0.6) is 0 Å². The van der Waals surface area contributed by atoms with Crippen LogP contribution in [0.25, 0.3) is 0 Å². The van der Waals surface area contributed by atoms with Gasteiger partial charge in [0.05, 0.1) is 11.7 Å². The standard InChI is InChI=1S/C16H28N4/c1-13(17)14-7-9-19(11-14)12-15-8-10-20(18-15)16-5-3-2-4-6-16/h8,10,13-14,16H,2-7,9,11-12,17H2,1H3. The molecule has 112 valence electrons. The average molecular weight is 276 g/mol. The molecule has 4 nitrogen and oxygen atoms in total. The quantitative estimate of drug-likeness (QED) is 0.919. The first-order valence-electron chi connectivity index (χ1n) is 8.24. The van der Waals surface area contributed by atoms with Crippen molar-refractivity contribution in [2.75, 3.05) is 13.1 Å². The molecule has 2 aliphatic rings. The van der Waals surface area contributed by atoms with Crippen molar-refractivity contribution in [1.29, 1.82) is 0 Å². The highest BCUT2D eigenvalue weighted by Crippen LogP contribution is 2.27. The average Bonchev–Trinajstić information content (AvgIpc) is 3.10.